The van der Waals surface area contributed by atoms with Crippen LogP contribution in [-0.4, -0.2) is 45.7 Å². The maximum Gasteiger partial charge on any atom is 0.320 e. The van der Waals surface area contributed by atoms with Crippen molar-refractivity contribution in [3.05, 3.63) is 0 Å². The second-order valence-corrected chi connectivity index (χ2v) is 9.97. The van der Waals surface area contributed by atoms with Crippen LogP contribution in [0.3, 0.4) is 0 Å². The Morgan fingerprint density at radius 2 is 1.06 bits per heavy atom. The molecule has 5 heteroatoms. The number of hydrogen-bond donors (Lipinski definition) is 2. The molecule has 0 heterocycles. The molecule has 2 atom stereocenters. The van der Waals surface area contributed by atoms with Crippen LogP contribution in [0.5, 0.6) is 0 Å². The van der Waals surface area contributed by atoms with Crippen LogP contribution in [0.25, 0.3) is 0 Å². The summed E-state index contributed by atoms with van der Waals surface area (Å²) >= 11 is 0. The van der Waals surface area contributed by atoms with Crippen LogP contribution in [0.1, 0.15) is 149 Å². The summed E-state index contributed by atoms with van der Waals surface area (Å²) in [5.74, 6) is -1.81. The van der Waals surface area contributed by atoms with Crippen molar-refractivity contribution >= 4 is 11.9 Å². The predicted octanol–water partition coefficient (Wildman–Crippen LogP) is 8.06. The topological polar surface area (TPSA) is 77.8 Å². The van der Waals surface area contributed by atoms with E-state index in [1.54, 1.807) is 0 Å². The molecule has 0 aromatic heterocycles. The quantitative estimate of drug-likeness (QED) is 0.132. The van der Waals surface area contributed by atoms with E-state index in [4.69, 9.17) is 5.11 Å². The lowest BCUT2D eigenvalue weighted by atomic mass is 10.0. The van der Waals surface area contributed by atoms with Gasteiger partial charge in [0.1, 0.15) is 6.04 Å². The fourth-order valence-electron chi connectivity index (χ4n) is 4.72. The van der Waals surface area contributed by atoms with Gasteiger partial charge in [-0.3, -0.25) is 14.5 Å². The molecule has 0 radical (unpaired) electrons. The highest BCUT2D eigenvalue weighted by molar-refractivity contribution is 5.75. The number of hydrogen-bond acceptors (Lipinski definition) is 3. The first-order valence-corrected chi connectivity index (χ1v) is 14.1. The smallest absolute Gasteiger partial charge is 0.320 e. The van der Waals surface area contributed by atoms with E-state index >= 15 is 0 Å². The van der Waals surface area contributed by atoms with Crippen LogP contribution in [0.4, 0.5) is 0 Å². The molecule has 196 valence electrons. The van der Waals surface area contributed by atoms with Crippen molar-refractivity contribution < 1.29 is 19.8 Å². The van der Waals surface area contributed by atoms with Gasteiger partial charge in [0.2, 0.25) is 0 Å². The first kappa shape index (κ1) is 31.9. The normalized spacial score (nSPS) is 13.3. The molecule has 0 fully saturated rings. The predicted molar refractivity (Wildman–Crippen MR) is 139 cm³/mol. The van der Waals surface area contributed by atoms with Crippen LogP contribution in [0, 0.1) is 0 Å². The molecule has 0 aromatic carbocycles. The van der Waals surface area contributed by atoms with Gasteiger partial charge in [-0.05, 0) is 32.7 Å². The summed E-state index contributed by atoms with van der Waals surface area (Å²) in [4.78, 5) is 25.0. The molecule has 0 bridgehead atoms. The van der Waals surface area contributed by atoms with E-state index in [0.717, 1.165) is 45.1 Å². The highest BCUT2D eigenvalue weighted by atomic mass is 16.4. The summed E-state index contributed by atoms with van der Waals surface area (Å²) in [7, 11) is 0. The molecule has 2 N–H and O–H groups in total. The summed E-state index contributed by atoms with van der Waals surface area (Å²) in [5.41, 5.74) is 0. The van der Waals surface area contributed by atoms with E-state index < -0.39 is 18.0 Å². The zero-order valence-electron chi connectivity index (χ0n) is 22.2. The Bertz CT molecular complexity index is 469. The van der Waals surface area contributed by atoms with Gasteiger partial charge in [-0.25, -0.2) is 0 Å². The van der Waals surface area contributed by atoms with Gasteiger partial charge >= 0.3 is 11.9 Å². The summed E-state index contributed by atoms with van der Waals surface area (Å²) in [6.45, 7) is 7.30. The molecular weight excluding hydrogens is 414 g/mol. The molecule has 0 aliphatic rings. The van der Waals surface area contributed by atoms with E-state index in [1.807, 2.05) is 0 Å². The van der Waals surface area contributed by atoms with Crippen molar-refractivity contribution in [3.8, 4) is 0 Å². The highest BCUT2D eigenvalue weighted by Gasteiger charge is 2.29. The van der Waals surface area contributed by atoms with Crippen molar-refractivity contribution in [1.82, 2.24) is 4.90 Å². The molecule has 1 unspecified atom stereocenters. The van der Waals surface area contributed by atoms with Crippen LogP contribution in [-0.2, 0) is 9.59 Å². The largest absolute Gasteiger partial charge is 0.481 e. The Morgan fingerprint density at radius 1 is 0.636 bits per heavy atom. The van der Waals surface area contributed by atoms with Crippen LogP contribution in [0.2, 0.25) is 0 Å². The fourth-order valence-corrected chi connectivity index (χ4v) is 4.72. The number of nitrogens with zero attached hydrogens (tertiary/aromatic N) is 1. The zero-order valence-corrected chi connectivity index (χ0v) is 22.2. The summed E-state index contributed by atoms with van der Waals surface area (Å²) in [5, 5.41) is 18.8. The molecule has 0 rings (SSSR count). The van der Waals surface area contributed by atoms with E-state index in [0.29, 0.717) is 0 Å². The summed E-state index contributed by atoms with van der Waals surface area (Å²) < 4.78 is 0. The minimum absolute atomic E-state index is 0.0894. The van der Waals surface area contributed by atoms with Gasteiger partial charge in [0.25, 0.3) is 0 Å². The Kier molecular flexibility index (Phi) is 21.9. The van der Waals surface area contributed by atoms with Crippen molar-refractivity contribution in [3.63, 3.8) is 0 Å². The molecule has 0 aliphatic carbocycles. The maximum atomic E-state index is 11.9. The number of unbranched alkanes of at least 4 members (excludes halogenated alkanes) is 15. The molecule has 33 heavy (non-hydrogen) atoms. The van der Waals surface area contributed by atoms with Crippen molar-refractivity contribution in [2.75, 3.05) is 6.54 Å². The highest BCUT2D eigenvalue weighted by Crippen LogP contribution is 2.19. The second-order valence-electron chi connectivity index (χ2n) is 9.97. The number of aliphatic carboxylic acids is 2. The maximum absolute atomic E-state index is 11.9. The summed E-state index contributed by atoms with van der Waals surface area (Å²) in [6, 6.07) is -0.520. The summed E-state index contributed by atoms with van der Waals surface area (Å²) in [6.07, 6.45) is 22.7. The van der Waals surface area contributed by atoms with E-state index in [9.17, 15) is 14.7 Å². The number of carboxylic acid groups (broad SMARTS) is 2. The Labute approximate surface area is 204 Å². The molecule has 0 spiro atoms. The molecular formula is C28H55NO4. The van der Waals surface area contributed by atoms with E-state index in [-0.39, 0.29) is 18.9 Å². The molecule has 0 amide bonds. The van der Waals surface area contributed by atoms with Gasteiger partial charge in [-0.2, -0.15) is 0 Å². The van der Waals surface area contributed by atoms with Gasteiger partial charge in [0.05, 0.1) is 0 Å². The Morgan fingerprint density at radius 3 is 1.48 bits per heavy atom. The SMILES string of the molecule is CCCCCCCCCCCCCCCC(C)N(CCCCCC)[C@@H](CCC(=O)O)C(=O)O. The third kappa shape index (κ3) is 19.0. The number of carboxylic acids is 2. The molecule has 5 nitrogen and oxygen atoms in total. The van der Waals surface area contributed by atoms with Gasteiger partial charge in [-0.15, -0.1) is 0 Å². The lowest BCUT2D eigenvalue weighted by Gasteiger charge is -2.34. The molecule has 0 aromatic rings. The minimum Gasteiger partial charge on any atom is -0.481 e. The number of carbonyl (C=O) groups is 2. The van der Waals surface area contributed by atoms with Crippen molar-refractivity contribution in [1.29, 1.82) is 0 Å². The third-order valence-electron chi connectivity index (χ3n) is 6.88. The lowest BCUT2D eigenvalue weighted by Crippen LogP contribution is -2.47. The van der Waals surface area contributed by atoms with Crippen LogP contribution < -0.4 is 0 Å². The van der Waals surface area contributed by atoms with Gasteiger partial charge in [0.15, 0.2) is 0 Å². The fraction of sp³-hybridized carbons (Fsp3) is 0.929. The van der Waals surface area contributed by atoms with Crippen molar-refractivity contribution in [2.45, 2.75) is 161 Å². The monoisotopic (exact) mass is 469 g/mol. The van der Waals surface area contributed by atoms with Crippen molar-refractivity contribution in [2.24, 2.45) is 0 Å². The zero-order chi connectivity index (χ0) is 24.7. The van der Waals surface area contributed by atoms with E-state index in [2.05, 4.69) is 25.7 Å². The first-order chi connectivity index (χ1) is 15.9. The average molecular weight is 470 g/mol. The van der Waals surface area contributed by atoms with Gasteiger partial charge in [0, 0.05) is 12.5 Å². The second kappa shape index (κ2) is 22.7. The average Bonchev–Trinajstić information content (AvgIpc) is 2.77. The Hall–Kier alpha value is -1.10. The van der Waals surface area contributed by atoms with Crippen LogP contribution in [0.15, 0.2) is 0 Å². The standard InChI is InChI=1S/C28H55NO4/c1-4-6-8-10-11-12-13-14-15-16-17-18-19-21-25(3)29(24-20-9-7-5-2)26(28(32)33)22-23-27(30)31/h25-26H,4-24H2,1-3H3,(H,30,31)(H,32,33)/t25?,26-/m0/s1. The molecule has 0 saturated heterocycles. The minimum atomic E-state index is -0.920. The third-order valence-corrected chi connectivity index (χ3v) is 6.88. The number of rotatable bonds is 25. The lowest BCUT2D eigenvalue weighted by molar-refractivity contribution is -0.145. The van der Waals surface area contributed by atoms with Gasteiger partial charge in [-0.1, -0.05) is 117 Å². The van der Waals surface area contributed by atoms with E-state index in [1.165, 1.54) is 77.0 Å². The first-order valence-electron chi connectivity index (χ1n) is 14.1. The molecule has 0 saturated carbocycles. The molecule has 0 aliphatic heterocycles. The Balaban J connectivity index is 4.19. The van der Waals surface area contributed by atoms with Crippen LogP contribution >= 0.6 is 0 Å². The van der Waals surface area contributed by atoms with Gasteiger partial charge < -0.3 is 10.2 Å².